The maximum absolute atomic E-state index is 9.18. The second kappa shape index (κ2) is 4.49. The fourth-order valence-corrected chi connectivity index (χ4v) is 1.67. The highest BCUT2D eigenvalue weighted by Gasteiger charge is 2.27. The van der Waals surface area contributed by atoms with Crippen molar-refractivity contribution in [2.24, 2.45) is 0 Å². The molecule has 0 aliphatic heterocycles. The highest BCUT2D eigenvalue weighted by atomic mass is 16.5. The average molecular weight is 208 g/mol. The van der Waals surface area contributed by atoms with Crippen LogP contribution in [0.15, 0.2) is 18.3 Å². The van der Waals surface area contributed by atoms with Crippen LogP contribution < -0.4 is 10.1 Å². The molecule has 2 N–H and O–H groups in total. The van der Waals surface area contributed by atoms with E-state index >= 15 is 0 Å². The lowest BCUT2D eigenvalue weighted by atomic mass is 9.89. The summed E-state index contributed by atoms with van der Waals surface area (Å²) in [6.07, 6.45) is 3.17. The summed E-state index contributed by atoms with van der Waals surface area (Å²) in [4.78, 5) is 4.23. The normalized spacial score (nSPS) is 24.4. The zero-order chi connectivity index (χ0) is 10.7. The molecular formula is C11H16N2O2. The molecule has 0 bridgehead atoms. The number of ether oxygens (including phenoxy) is 1. The largest absolute Gasteiger partial charge is 0.490 e. The summed E-state index contributed by atoms with van der Waals surface area (Å²) >= 11 is 0. The fraction of sp³-hybridized carbons (Fsp3) is 0.545. The first kappa shape index (κ1) is 10.2. The van der Waals surface area contributed by atoms with E-state index in [2.05, 4.69) is 10.3 Å². The zero-order valence-electron chi connectivity index (χ0n) is 8.81. The summed E-state index contributed by atoms with van der Waals surface area (Å²) in [6.45, 7) is 2.58. The Morgan fingerprint density at radius 2 is 2.40 bits per heavy atom. The minimum atomic E-state index is -0.151. The Balaban J connectivity index is 2.00. The Bertz CT molecular complexity index is 324. The molecule has 1 aliphatic rings. The number of aromatic nitrogens is 1. The summed E-state index contributed by atoms with van der Waals surface area (Å²) < 4.78 is 5.45. The van der Waals surface area contributed by atoms with Gasteiger partial charge in [-0.1, -0.05) is 0 Å². The van der Waals surface area contributed by atoms with Crippen molar-refractivity contribution in [2.45, 2.75) is 31.9 Å². The number of aliphatic hydroxyl groups is 1. The van der Waals surface area contributed by atoms with Gasteiger partial charge in [-0.2, -0.15) is 0 Å². The Morgan fingerprint density at radius 3 is 3.07 bits per heavy atom. The van der Waals surface area contributed by atoms with Crippen molar-refractivity contribution in [3.05, 3.63) is 18.3 Å². The molecule has 0 unspecified atom stereocenters. The van der Waals surface area contributed by atoms with E-state index in [1.54, 1.807) is 6.20 Å². The van der Waals surface area contributed by atoms with Crippen LogP contribution >= 0.6 is 0 Å². The molecule has 0 amide bonds. The van der Waals surface area contributed by atoms with Gasteiger partial charge in [-0.05, 0) is 31.9 Å². The number of nitrogens with one attached hydrogen (secondary N) is 1. The predicted molar refractivity (Wildman–Crippen MR) is 58.1 cm³/mol. The quantitative estimate of drug-likeness (QED) is 0.785. The molecule has 0 radical (unpaired) electrons. The van der Waals surface area contributed by atoms with Crippen LogP contribution in [0.2, 0.25) is 0 Å². The molecule has 1 fully saturated rings. The highest BCUT2D eigenvalue weighted by Crippen LogP contribution is 2.27. The van der Waals surface area contributed by atoms with E-state index in [-0.39, 0.29) is 6.10 Å². The number of nitrogens with zero attached hydrogens (tertiary/aromatic N) is 1. The molecule has 1 aromatic rings. The Morgan fingerprint density at radius 1 is 1.60 bits per heavy atom. The summed E-state index contributed by atoms with van der Waals surface area (Å²) in [5.74, 6) is 1.55. The summed E-state index contributed by atoms with van der Waals surface area (Å²) in [5, 5.41) is 12.4. The number of hydrogen-bond donors (Lipinski definition) is 2. The fourth-order valence-electron chi connectivity index (χ4n) is 1.67. The van der Waals surface area contributed by atoms with Crippen LogP contribution in [0.1, 0.15) is 19.8 Å². The number of aliphatic hydroxyl groups excluding tert-OH is 1. The van der Waals surface area contributed by atoms with Crippen LogP contribution in [-0.2, 0) is 0 Å². The van der Waals surface area contributed by atoms with Crippen LogP contribution in [-0.4, -0.2) is 28.8 Å². The summed E-state index contributed by atoms with van der Waals surface area (Å²) in [5.41, 5.74) is 0. The SMILES string of the molecule is CCOc1cccnc1NC1CC(O)C1. The van der Waals surface area contributed by atoms with Gasteiger partial charge in [-0.15, -0.1) is 0 Å². The van der Waals surface area contributed by atoms with Crippen LogP contribution in [0.5, 0.6) is 5.75 Å². The average Bonchev–Trinajstić information content (AvgIpc) is 2.19. The van der Waals surface area contributed by atoms with Gasteiger partial charge in [0.05, 0.1) is 12.7 Å². The van der Waals surface area contributed by atoms with Gasteiger partial charge >= 0.3 is 0 Å². The van der Waals surface area contributed by atoms with Crippen molar-refractivity contribution in [3.63, 3.8) is 0 Å². The minimum Gasteiger partial charge on any atom is -0.490 e. The molecule has 0 atom stereocenters. The van der Waals surface area contributed by atoms with Gasteiger partial charge in [0, 0.05) is 12.2 Å². The summed E-state index contributed by atoms with van der Waals surface area (Å²) in [6, 6.07) is 4.08. The molecule has 4 heteroatoms. The van der Waals surface area contributed by atoms with Gasteiger partial charge in [0.15, 0.2) is 11.6 Å². The van der Waals surface area contributed by atoms with Crippen molar-refractivity contribution >= 4 is 5.82 Å². The second-order valence-corrected chi connectivity index (χ2v) is 3.75. The van der Waals surface area contributed by atoms with Gasteiger partial charge in [-0.3, -0.25) is 0 Å². The van der Waals surface area contributed by atoms with Gasteiger partial charge in [0.2, 0.25) is 0 Å². The Hall–Kier alpha value is -1.29. The molecule has 0 saturated heterocycles. The Kier molecular flexibility index (Phi) is 3.06. The molecule has 1 heterocycles. The van der Waals surface area contributed by atoms with E-state index in [1.807, 2.05) is 19.1 Å². The standard InChI is InChI=1S/C11H16N2O2/c1-2-15-10-4-3-5-12-11(10)13-8-6-9(14)7-8/h3-5,8-9,14H,2,6-7H2,1H3,(H,12,13). The van der Waals surface area contributed by atoms with Crippen molar-refractivity contribution in [2.75, 3.05) is 11.9 Å². The smallest absolute Gasteiger partial charge is 0.168 e. The molecule has 4 nitrogen and oxygen atoms in total. The number of hydrogen-bond acceptors (Lipinski definition) is 4. The lowest BCUT2D eigenvalue weighted by Gasteiger charge is -2.32. The van der Waals surface area contributed by atoms with Gasteiger partial charge in [0.1, 0.15) is 0 Å². The Labute approximate surface area is 89.3 Å². The van der Waals surface area contributed by atoms with Crippen molar-refractivity contribution in [1.82, 2.24) is 4.98 Å². The van der Waals surface area contributed by atoms with Crippen molar-refractivity contribution in [1.29, 1.82) is 0 Å². The number of anilines is 1. The van der Waals surface area contributed by atoms with E-state index in [0.717, 1.165) is 24.4 Å². The van der Waals surface area contributed by atoms with E-state index in [0.29, 0.717) is 12.6 Å². The maximum atomic E-state index is 9.18. The van der Waals surface area contributed by atoms with E-state index in [9.17, 15) is 5.11 Å². The van der Waals surface area contributed by atoms with E-state index in [4.69, 9.17) is 4.74 Å². The molecule has 1 aliphatic carbocycles. The number of pyridine rings is 1. The third kappa shape index (κ3) is 2.39. The molecule has 82 valence electrons. The lowest BCUT2D eigenvalue weighted by Crippen LogP contribution is -2.39. The van der Waals surface area contributed by atoms with Crippen LogP contribution in [0.25, 0.3) is 0 Å². The van der Waals surface area contributed by atoms with E-state index in [1.165, 1.54) is 0 Å². The third-order valence-electron chi connectivity index (χ3n) is 2.52. The summed E-state index contributed by atoms with van der Waals surface area (Å²) in [7, 11) is 0. The first-order valence-electron chi connectivity index (χ1n) is 5.32. The molecule has 1 saturated carbocycles. The van der Waals surface area contributed by atoms with Gasteiger partial charge < -0.3 is 15.2 Å². The molecule has 2 rings (SSSR count). The van der Waals surface area contributed by atoms with Gasteiger partial charge in [0.25, 0.3) is 0 Å². The molecule has 0 spiro atoms. The van der Waals surface area contributed by atoms with Gasteiger partial charge in [-0.25, -0.2) is 4.98 Å². The minimum absolute atomic E-state index is 0.151. The monoisotopic (exact) mass is 208 g/mol. The molecular weight excluding hydrogens is 192 g/mol. The lowest BCUT2D eigenvalue weighted by molar-refractivity contribution is 0.0834. The molecule has 15 heavy (non-hydrogen) atoms. The van der Waals surface area contributed by atoms with Crippen LogP contribution in [0, 0.1) is 0 Å². The first-order valence-corrected chi connectivity index (χ1v) is 5.32. The zero-order valence-corrected chi connectivity index (χ0v) is 8.81. The maximum Gasteiger partial charge on any atom is 0.168 e. The molecule has 1 aromatic heterocycles. The predicted octanol–water partition coefficient (Wildman–Crippen LogP) is 1.42. The third-order valence-corrected chi connectivity index (χ3v) is 2.52. The second-order valence-electron chi connectivity index (χ2n) is 3.75. The van der Waals surface area contributed by atoms with Crippen molar-refractivity contribution in [3.8, 4) is 5.75 Å². The van der Waals surface area contributed by atoms with Crippen LogP contribution in [0.4, 0.5) is 5.82 Å². The first-order chi connectivity index (χ1) is 7.29. The van der Waals surface area contributed by atoms with Crippen LogP contribution in [0.3, 0.4) is 0 Å². The topological polar surface area (TPSA) is 54.4 Å². The van der Waals surface area contributed by atoms with E-state index < -0.39 is 0 Å². The van der Waals surface area contributed by atoms with Crippen molar-refractivity contribution < 1.29 is 9.84 Å². The number of rotatable bonds is 4. The molecule has 0 aromatic carbocycles. The highest BCUT2D eigenvalue weighted by molar-refractivity contribution is 5.50.